The Morgan fingerprint density at radius 2 is 2.13 bits per heavy atom. The molecule has 1 N–H and O–H groups in total. The van der Waals surface area contributed by atoms with Crippen molar-refractivity contribution < 1.29 is 14.7 Å². The number of carbonyl (C=O) groups is 2. The maximum atomic E-state index is 12.8. The maximum Gasteiger partial charge on any atom is 0.317 e. The molecule has 7 heteroatoms. The molecule has 1 amide bonds. The molecule has 1 heterocycles. The SMILES string of the molecule is CCCN(CC(=O)O)C1CCCN(c2ccccc2Cl)C1=O.Cl. The molecule has 1 aromatic carbocycles. The Bertz CT molecular complexity index is 554. The number of carboxylic acid groups (broad SMARTS) is 1. The Morgan fingerprint density at radius 1 is 1.43 bits per heavy atom. The number of benzene rings is 1. The van der Waals surface area contributed by atoms with E-state index >= 15 is 0 Å². The van der Waals surface area contributed by atoms with Crippen LogP contribution in [0, 0.1) is 0 Å². The van der Waals surface area contributed by atoms with E-state index in [9.17, 15) is 9.59 Å². The summed E-state index contributed by atoms with van der Waals surface area (Å²) < 4.78 is 0. The Labute approximate surface area is 147 Å². The fraction of sp³-hybridized carbons (Fsp3) is 0.500. The van der Waals surface area contributed by atoms with Gasteiger partial charge in [0, 0.05) is 6.54 Å². The minimum atomic E-state index is -0.906. The molecule has 1 saturated heterocycles. The van der Waals surface area contributed by atoms with Crippen LogP contribution in [-0.2, 0) is 9.59 Å². The third-order valence-electron chi connectivity index (χ3n) is 3.84. The highest BCUT2D eigenvalue weighted by atomic mass is 35.5. The fourth-order valence-electron chi connectivity index (χ4n) is 2.91. The lowest BCUT2D eigenvalue weighted by atomic mass is 10.0. The van der Waals surface area contributed by atoms with Gasteiger partial charge < -0.3 is 10.0 Å². The van der Waals surface area contributed by atoms with Gasteiger partial charge in [0.25, 0.3) is 0 Å². The fourth-order valence-corrected chi connectivity index (χ4v) is 3.15. The molecule has 0 aromatic heterocycles. The van der Waals surface area contributed by atoms with E-state index in [4.69, 9.17) is 16.7 Å². The van der Waals surface area contributed by atoms with E-state index < -0.39 is 5.97 Å². The van der Waals surface area contributed by atoms with Gasteiger partial charge in [-0.25, -0.2) is 0 Å². The Morgan fingerprint density at radius 3 is 2.74 bits per heavy atom. The Balaban J connectivity index is 0.00000264. The van der Waals surface area contributed by atoms with Gasteiger partial charge in [0.2, 0.25) is 5.91 Å². The van der Waals surface area contributed by atoms with Gasteiger partial charge in [0.15, 0.2) is 0 Å². The molecule has 1 unspecified atom stereocenters. The quantitative estimate of drug-likeness (QED) is 0.846. The van der Waals surface area contributed by atoms with Crippen molar-refractivity contribution in [2.75, 3.05) is 24.5 Å². The van der Waals surface area contributed by atoms with Crippen LogP contribution in [0.4, 0.5) is 5.69 Å². The van der Waals surface area contributed by atoms with Crippen LogP contribution in [0.25, 0.3) is 0 Å². The highest BCUT2D eigenvalue weighted by Crippen LogP contribution is 2.29. The topological polar surface area (TPSA) is 60.9 Å². The molecule has 1 atom stereocenters. The van der Waals surface area contributed by atoms with E-state index in [1.54, 1.807) is 15.9 Å². The maximum absolute atomic E-state index is 12.8. The third kappa shape index (κ3) is 4.83. The normalized spacial score (nSPS) is 18.0. The van der Waals surface area contributed by atoms with Crippen molar-refractivity contribution in [2.45, 2.75) is 32.2 Å². The second-order valence-corrected chi connectivity index (χ2v) is 5.87. The predicted octanol–water partition coefficient (Wildman–Crippen LogP) is 3.05. The number of aliphatic carboxylic acids is 1. The summed E-state index contributed by atoms with van der Waals surface area (Å²) in [5.74, 6) is -0.967. The average Bonchev–Trinajstić information content (AvgIpc) is 2.48. The minimum absolute atomic E-state index is 0. The summed E-state index contributed by atoms with van der Waals surface area (Å²) in [5.41, 5.74) is 0.700. The first-order chi connectivity index (χ1) is 10.5. The van der Waals surface area contributed by atoms with Crippen LogP contribution in [0.2, 0.25) is 5.02 Å². The molecule has 0 saturated carbocycles. The van der Waals surface area contributed by atoms with Gasteiger partial charge in [0.05, 0.1) is 23.3 Å². The molecule has 0 spiro atoms. The first kappa shape index (κ1) is 19.7. The second-order valence-electron chi connectivity index (χ2n) is 5.46. The van der Waals surface area contributed by atoms with Gasteiger partial charge in [-0.15, -0.1) is 12.4 Å². The molecule has 0 aliphatic carbocycles. The van der Waals surface area contributed by atoms with Crippen LogP contribution < -0.4 is 4.90 Å². The van der Waals surface area contributed by atoms with E-state index in [1.165, 1.54) is 0 Å². The van der Waals surface area contributed by atoms with Gasteiger partial charge >= 0.3 is 5.97 Å². The summed E-state index contributed by atoms with van der Waals surface area (Å²) in [6, 6.07) is 6.87. The molecule has 1 aliphatic heterocycles. The first-order valence-electron chi connectivity index (χ1n) is 7.56. The van der Waals surface area contributed by atoms with Gasteiger partial charge in [-0.05, 0) is 37.9 Å². The van der Waals surface area contributed by atoms with Crippen LogP contribution in [0.15, 0.2) is 24.3 Å². The van der Waals surface area contributed by atoms with E-state index in [0.29, 0.717) is 30.2 Å². The van der Waals surface area contributed by atoms with Crippen LogP contribution in [0.5, 0.6) is 0 Å². The largest absolute Gasteiger partial charge is 0.480 e. The molecule has 2 rings (SSSR count). The van der Waals surface area contributed by atoms with Crippen molar-refractivity contribution in [1.82, 2.24) is 4.90 Å². The predicted molar refractivity (Wildman–Crippen MR) is 93.6 cm³/mol. The standard InChI is InChI=1S/C16H21ClN2O3.ClH/c1-2-9-18(11-15(20)21)14-8-5-10-19(16(14)22)13-7-4-3-6-12(13)17;/h3-4,6-7,14H,2,5,8-11H2,1H3,(H,20,21);1H. The van der Waals surface area contributed by atoms with Crippen molar-refractivity contribution in [3.63, 3.8) is 0 Å². The Kier molecular flexibility index (Phi) is 7.82. The first-order valence-corrected chi connectivity index (χ1v) is 7.94. The van der Waals surface area contributed by atoms with Crippen LogP contribution in [0.3, 0.4) is 0 Å². The summed E-state index contributed by atoms with van der Waals surface area (Å²) in [4.78, 5) is 27.3. The number of carbonyl (C=O) groups excluding carboxylic acids is 1. The molecule has 5 nitrogen and oxygen atoms in total. The molecule has 1 fully saturated rings. The summed E-state index contributed by atoms with van der Waals surface area (Å²) in [6.45, 7) is 3.08. The highest BCUT2D eigenvalue weighted by molar-refractivity contribution is 6.33. The number of rotatable bonds is 6. The van der Waals surface area contributed by atoms with Gasteiger partial charge in [-0.1, -0.05) is 30.7 Å². The minimum Gasteiger partial charge on any atom is -0.480 e. The molecule has 23 heavy (non-hydrogen) atoms. The van der Waals surface area contributed by atoms with Crippen molar-refractivity contribution in [1.29, 1.82) is 0 Å². The average molecular weight is 361 g/mol. The Hall–Kier alpha value is -1.30. The van der Waals surface area contributed by atoms with E-state index in [2.05, 4.69) is 0 Å². The van der Waals surface area contributed by atoms with Crippen LogP contribution in [-0.4, -0.2) is 47.6 Å². The number of anilines is 1. The zero-order valence-electron chi connectivity index (χ0n) is 13.1. The number of amides is 1. The van der Waals surface area contributed by atoms with Crippen molar-refractivity contribution in [3.05, 3.63) is 29.3 Å². The lowest BCUT2D eigenvalue weighted by Crippen LogP contribution is -2.54. The van der Waals surface area contributed by atoms with Gasteiger partial charge in [-0.2, -0.15) is 0 Å². The second kappa shape index (κ2) is 9.11. The van der Waals surface area contributed by atoms with Crippen molar-refractivity contribution in [3.8, 4) is 0 Å². The van der Waals surface area contributed by atoms with E-state index in [1.807, 2.05) is 25.1 Å². The molecule has 0 bridgehead atoms. The molecule has 1 aliphatic rings. The molecule has 0 radical (unpaired) electrons. The lowest BCUT2D eigenvalue weighted by Gasteiger charge is -2.38. The molecule has 128 valence electrons. The van der Waals surface area contributed by atoms with E-state index in [-0.39, 0.29) is 30.9 Å². The number of nitrogens with zero attached hydrogens (tertiary/aromatic N) is 2. The number of carboxylic acids is 1. The number of halogens is 2. The summed E-state index contributed by atoms with van der Waals surface area (Å²) in [5, 5.41) is 9.61. The summed E-state index contributed by atoms with van der Waals surface area (Å²) in [6.07, 6.45) is 2.33. The summed E-state index contributed by atoms with van der Waals surface area (Å²) >= 11 is 6.19. The monoisotopic (exact) mass is 360 g/mol. The zero-order valence-corrected chi connectivity index (χ0v) is 14.6. The number of hydrogen-bond donors (Lipinski definition) is 1. The molecule has 1 aromatic rings. The smallest absolute Gasteiger partial charge is 0.317 e. The van der Waals surface area contributed by atoms with Crippen molar-refractivity contribution in [2.24, 2.45) is 0 Å². The number of hydrogen-bond acceptors (Lipinski definition) is 3. The summed E-state index contributed by atoms with van der Waals surface area (Å²) in [7, 11) is 0. The lowest BCUT2D eigenvalue weighted by molar-refractivity contribution is -0.140. The van der Waals surface area contributed by atoms with E-state index in [0.717, 1.165) is 12.8 Å². The number of piperidine rings is 1. The molecular weight excluding hydrogens is 339 g/mol. The van der Waals surface area contributed by atoms with Gasteiger partial charge in [0.1, 0.15) is 0 Å². The third-order valence-corrected chi connectivity index (χ3v) is 4.16. The van der Waals surface area contributed by atoms with Crippen LogP contribution >= 0.6 is 24.0 Å². The van der Waals surface area contributed by atoms with Gasteiger partial charge in [-0.3, -0.25) is 14.5 Å². The zero-order chi connectivity index (χ0) is 16.1. The van der Waals surface area contributed by atoms with Crippen LogP contribution in [0.1, 0.15) is 26.2 Å². The molecular formula is C16H22Cl2N2O3. The van der Waals surface area contributed by atoms with Crippen molar-refractivity contribution >= 4 is 41.6 Å². The number of para-hydroxylation sites is 1. The highest BCUT2D eigenvalue weighted by Gasteiger charge is 2.34.